The highest BCUT2D eigenvalue weighted by Gasteiger charge is 2.42. The van der Waals surface area contributed by atoms with Crippen LogP contribution in [0.4, 0.5) is 4.79 Å². The molecule has 2 aliphatic heterocycles. The van der Waals surface area contributed by atoms with Gasteiger partial charge in [0.25, 0.3) is 0 Å². The van der Waals surface area contributed by atoms with Crippen LogP contribution in [0.5, 0.6) is 0 Å². The molecule has 110 valence electrons. The maximum absolute atomic E-state index is 12.7. The standard InChI is InChI=1S/C13H24N2O3S/c1-12(2,3)18-11(16)15-19(17)8-6-13(10-19)5-4-7-14-9-13/h14H,4-10H2,1-3H3. The van der Waals surface area contributed by atoms with E-state index in [1.807, 2.05) is 0 Å². The van der Waals surface area contributed by atoms with E-state index in [-0.39, 0.29) is 5.41 Å². The van der Waals surface area contributed by atoms with Crippen LogP contribution in [0.2, 0.25) is 0 Å². The summed E-state index contributed by atoms with van der Waals surface area (Å²) in [7, 11) is -2.42. The number of hydrogen-bond acceptors (Lipinski definition) is 4. The van der Waals surface area contributed by atoms with Crippen LogP contribution < -0.4 is 5.32 Å². The second kappa shape index (κ2) is 5.05. The second-order valence-corrected chi connectivity index (χ2v) is 9.15. The summed E-state index contributed by atoms with van der Waals surface area (Å²) in [5.74, 6) is 1.06. The van der Waals surface area contributed by atoms with Crippen LogP contribution in [-0.2, 0) is 14.5 Å². The molecule has 6 heteroatoms. The molecule has 2 heterocycles. The summed E-state index contributed by atoms with van der Waals surface area (Å²) in [6, 6.07) is 0. The zero-order valence-corrected chi connectivity index (χ0v) is 12.8. The summed E-state index contributed by atoms with van der Waals surface area (Å²) in [6.45, 7) is 7.29. The molecule has 0 aromatic rings. The molecule has 0 aromatic carbocycles. The fourth-order valence-corrected chi connectivity index (χ4v) is 5.57. The SMILES string of the molecule is CC(C)(C)OC(=O)N=S1(=O)CCC2(CCCNC2)C1. The maximum atomic E-state index is 12.7. The van der Waals surface area contributed by atoms with Gasteiger partial charge < -0.3 is 10.1 Å². The molecular formula is C13H24N2O3S. The number of amides is 1. The van der Waals surface area contributed by atoms with Gasteiger partial charge in [-0.2, -0.15) is 0 Å². The van der Waals surface area contributed by atoms with Gasteiger partial charge in [-0.15, -0.1) is 4.36 Å². The molecule has 1 N–H and O–H groups in total. The van der Waals surface area contributed by atoms with E-state index < -0.39 is 21.4 Å². The van der Waals surface area contributed by atoms with Gasteiger partial charge in [-0.25, -0.2) is 9.00 Å². The van der Waals surface area contributed by atoms with E-state index >= 15 is 0 Å². The van der Waals surface area contributed by atoms with Gasteiger partial charge in [-0.05, 0) is 52.0 Å². The van der Waals surface area contributed by atoms with Crippen molar-refractivity contribution < 1.29 is 13.7 Å². The Morgan fingerprint density at radius 2 is 2.11 bits per heavy atom. The van der Waals surface area contributed by atoms with Crippen LogP contribution in [0.15, 0.2) is 4.36 Å². The number of ether oxygens (including phenoxy) is 1. The quantitative estimate of drug-likeness (QED) is 0.741. The van der Waals surface area contributed by atoms with E-state index in [9.17, 15) is 9.00 Å². The minimum atomic E-state index is -2.42. The molecule has 2 unspecified atom stereocenters. The largest absolute Gasteiger partial charge is 0.442 e. The molecule has 0 saturated carbocycles. The lowest BCUT2D eigenvalue weighted by molar-refractivity contribution is 0.0607. The lowest BCUT2D eigenvalue weighted by Gasteiger charge is -2.32. The topological polar surface area (TPSA) is 67.8 Å². The average molecular weight is 288 g/mol. The Morgan fingerprint density at radius 1 is 1.37 bits per heavy atom. The lowest BCUT2D eigenvalue weighted by atomic mass is 9.80. The van der Waals surface area contributed by atoms with Gasteiger partial charge in [0, 0.05) is 18.1 Å². The Balaban J connectivity index is 2.08. The van der Waals surface area contributed by atoms with Gasteiger partial charge in [0.2, 0.25) is 0 Å². The van der Waals surface area contributed by atoms with Crippen LogP contribution in [0.3, 0.4) is 0 Å². The summed E-state index contributed by atoms with van der Waals surface area (Å²) < 4.78 is 21.7. The van der Waals surface area contributed by atoms with Crippen molar-refractivity contribution in [1.29, 1.82) is 0 Å². The van der Waals surface area contributed by atoms with E-state index in [4.69, 9.17) is 4.74 Å². The minimum absolute atomic E-state index is 0.0842. The molecule has 1 spiro atoms. The maximum Gasteiger partial charge on any atom is 0.442 e. The third kappa shape index (κ3) is 3.92. The zero-order chi connectivity index (χ0) is 14.1. The summed E-state index contributed by atoms with van der Waals surface area (Å²) in [4.78, 5) is 11.7. The molecule has 2 aliphatic rings. The van der Waals surface area contributed by atoms with Crippen molar-refractivity contribution in [2.75, 3.05) is 24.6 Å². The van der Waals surface area contributed by atoms with Crippen molar-refractivity contribution in [1.82, 2.24) is 5.32 Å². The van der Waals surface area contributed by atoms with E-state index in [1.165, 1.54) is 0 Å². The monoisotopic (exact) mass is 288 g/mol. The molecule has 2 saturated heterocycles. The Bertz CT molecular complexity index is 467. The fourth-order valence-electron chi connectivity index (χ4n) is 2.86. The van der Waals surface area contributed by atoms with Gasteiger partial charge >= 0.3 is 6.09 Å². The third-order valence-corrected chi connectivity index (χ3v) is 6.07. The Labute approximate surface area is 115 Å². The van der Waals surface area contributed by atoms with E-state index in [0.717, 1.165) is 32.4 Å². The van der Waals surface area contributed by atoms with Gasteiger partial charge in [0.15, 0.2) is 0 Å². The van der Waals surface area contributed by atoms with E-state index in [2.05, 4.69) is 9.68 Å². The zero-order valence-electron chi connectivity index (χ0n) is 12.0. The first-order valence-electron chi connectivity index (χ1n) is 6.88. The molecule has 5 nitrogen and oxygen atoms in total. The van der Waals surface area contributed by atoms with Gasteiger partial charge in [-0.1, -0.05) is 0 Å². The number of nitrogens with one attached hydrogen (secondary N) is 1. The first-order chi connectivity index (χ1) is 8.72. The van der Waals surface area contributed by atoms with Crippen LogP contribution in [0.1, 0.15) is 40.0 Å². The molecule has 0 aromatic heterocycles. The minimum Gasteiger partial charge on any atom is -0.442 e. The number of piperidine rings is 1. The highest BCUT2D eigenvalue weighted by atomic mass is 32.2. The van der Waals surface area contributed by atoms with Crippen LogP contribution >= 0.6 is 0 Å². The average Bonchev–Trinajstić information content (AvgIpc) is 2.53. The molecule has 2 atom stereocenters. The number of hydrogen-bond donors (Lipinski definition) is 1. The highest BCUT2D eigenvalue weighted by Crippen LogP contribution is 2.38. The molecule has 0 bridgehead atoms. The third-order valence-electron chi connectivity index (χ3n) is 3.68. The predicted octanol–water partition coefficient (Wildman–Crippen LogP) is 2.16. The van der Waals surface area contributed by atoms with Crippen molar-refractivity contribution in [3.63, 3.8) is 0 Å². The van der Waals surface area contributed by atoms with Crippen molar-refractivity contribution in [2.24, 2.45) is 9.78 Å². The molecule has 2 fully saturated rings. The number of rotatable bonds is 0. The van der Waals surface area contributed by atoms with Gasteiger partial charge in [0.1, 0.15) is 5.60 Å². The lowest BCUT2D eigenvalue weighted by Crippen LogP contribution is -2.40. The Hall–Kier alpha value is -0.620. The van der Waals surface area contributed by atoms with E-state index in [1.54, 1.807) is 20.8 Å². The summed E-state index contributed by atoms with van der Waals surface area (Å²) in [5, 5.41) is 3.36. The number of nitrogens with zero attached hydrogens (tertiary/aromatic N) is 1. The second-order valence-electron chi connectivity index (χ2n) is 6.72. The van der Waals surface area contributed by atoms with Gasteiger partial charge in [0.05, 0.1) is 9.73 Å². The molecule has 19 heavy (non-hydrogen) atoms. The van der Waals surface area contributed by atoms with E-state index in [0.29, 0.717) is 11.5 Å². The molecule has 0 radical (unpaired) electrons. The summed E-state index contributed by atoms with van der Waals surface area (Å²) in [5.41, 5.74) is -0.500. The van der Waals surface area contributed by atoms with Crippen molar-refractivity contribution >= 4 is 15.8 Å². The highest BCUT2D eigenvalue weighted by molar-refractivity contribution is 7.94. The number of carbonyl (C=O) groups is 1. The normalized spacial score (nSPS) is 35.3. The molecule has 0 aliphatic carbocycles. The smallest absolute Gasteiger partial charge is 0.442 e. The molecule has 1 amide bonds. The van der Waals surface area contributed by atoms with Crippen molar-refractivity contribution in [3.05, 3.63) is 0 Å². The van der Waals surface area contributed by atoms with Crippen LogP contribution in [0, 0.1) is 5.41 Å². The Kier molecular flexibility index (Phi) is 3.93. The first-order valence-corrected chi connectivity index (χ1v) is 8.74. The van der Waals surface area contributed by atoms with Crippen LogP contribution in [0.25, 0.3) is 0 Å². The first kappa shape index (κ1) is 14.8. The predicted molar refractivity (Wildman–Crippen MR) is 75.7 cm³/mol. The van der Waals surface area contributed by atoms with Crippen LogP contribution in [-0.4, -0.2) is 40.5 Å². The molecular weight excluding hydrogens is 264 g/mol. The van der Waals surface area contributed by atoms with Gasteiger partial charge in [-0.3, -0.25) is 0 Å². The summed E-state index contributed by atoms with van der Waals surface area (Å²) >= 11 is 0. The van der Waals surface area contributed by atoms with Crippen molar-refractivity contribution in [2.45, 2.75) is 45.6 Å². The molecule has 2 rings (SSSR count). The number of carbonyl (C=O) groups excluding carboxylic acids is 1. The van der Waals surface area contributed by atoms with Crippen molar-refractivity contribution in [3.8, 4) is 0 Å². The summed E-state index contributed by atoms with van der Waals surface area (Å²) in [6.07, 6.45) is 2.41. The Morgan fingerprint density at radius 3 is 2.68 bits per heavy atom. The fraction of sp³-hybridized carbons (Fsp3) is 0.923.